The Kier molecular flexibility index (Phi) is 4.93. The topological polar surface area (TPSA) is 12.0 Å². The van der Waals surface area contributed by atoms with Crippen LogP contribution in [0.5, 0.6) is 0 Å². The minimum atomic E-state index is 0.778. The lowest BCUT2D eigenvalue weighted by atomic mass is 9.85. The fraction of sp³-hybridized carbons (Fsp3) is 0.833. The average Bonchev–Trinajstić information content (AvgIpc) is 2.33. The fourth-order valence-electron chi connectivity index (χ4n) is 2.41. The molecule has 1 heteroatoms. The predicted molar refractivity (Wildman–Crippen MR) is 57.4 cm³/mol. The summed E-state index contributed by atoms with van der Waals surface area (Å²) >= 11 is 0. The van der Waals surface area contributed by atoms with Crippen LogP contribution >= 0.6 is 0 Å². The van der Waals surface area contributed by atoms with Gasteiger partial charge in [-0.2, -0.15) is 0 Å². The van der Waals surface area contributed by atoms with Crippen LogP contribution in [0.15, 0.2) is 0 Å². The summed E-state index contributed by atoms with van der Waals surface area (Å²) in [5.74, 6) is 4.43. The van der Waals surface area contributed by atoms with Crippen LogP contribution in [0.2, 0.25) is 0 Å². The summed E-state index contributed by atoms with van der Waals surface area (Å²) in [5.41, 5.74) is 0. The molecule has 2 atom stereocenters. The van der Waals surface area contributed by atoms with Gasteiger partial charge in [-0.1, -0.05) is 19.3 Å². The zero-order valence-electron chi connectivity index (χ0n) is 8.68. The average molecular weight is 179 g/mol. The van der Waals surface area contributed by atoms with E-state index in [1.54, 1.807) is 0 Å². The Morgan fingerprint density at radius 2 is 1.92 bits per heavy atom. The number of hydrogen-bond acceptors (Lipinski definition) is 1. The van der Waals surface area contributed by atoms with E-state index in [1.165, 1.54) is 32.1 Å². The van der Waals surface area contributed by atoms with Gasteiger partial charge in [0.1, 0.15) is 0 Å². The molecule has 1 aliphatic carbocycles. The van der Waals surface area contributed by atoms with Crippen LogP contribution < -0.4 is 5.32 Å². The lowest BCUT2D eigenvalue weighted by Crippen LogP contribution is -2.25. The van der Waals surface area contributed by atoms with Crippen molar-refractivity contribution in [3.8, 4) is 12.3 Å². The highest BCUT2D eigenvalue weighted by molar-refractivity contribution is 4.90. The number of nitrogens with one attached hydrogen (secondary N) is 1. The minimum Gasteiger partial charge on any atom is -0.319 e. The molecule has 0 aliphatic heterocycles. The molecule has 1 fully saturated rings. The van der Waals surface area contributed by atoms with Crippen molar-refractivity contribution in [1.29, 1.82) is 0 Å². The highest BCUT2D eigenvalue weighted by atomic mass is 14.8. The van der Waals surface area contributed by atoms with Gasteiger partial charge < -0.3 is 5.32 Å². The van der Waals surface area contributed by atoms with Gasteiger partial charge >= 0.3 is 0 Å². The second kappa shape index (κ2) is 6.05. The molecule has 0 aromatic heterocycles. The van der Waals surface area contributed by atoms with Crippen LogP contribution in [0.25, 0.3) is 0 Å². The van der Waals surface area contributed by atoms with Crippen molar-refractivity contribution in [2.45, 2.75) is 38.5 Å². The maximum atomic E-state index is 5.40. The Morgan fingerprint density at radius 1 is 1.23 bits per heavy atom. The third kappa shape index (κ3) is 3.40. The summed E-state index contributed by atoms with van der Waals surface area (Å²) in [6.07, 6.45) is 13.3. The minimum absolute atomic E-state index is 0.778. The molecule has 0 heterocycles. The van der Waals surface area contributed by atoms with Crippen LogP contribution in [-0.4, -0.2) is 13.6 Å². The van der Waals surface area contributed by atoms with Crippen molar-refractivity contribution in [1.82, 2.24) is 5.32 Å². The monoisotopic (exact) mass is 179 g/mol. The molecule has 0 aromatic carbocycles. The Balaban J connectivity index is 2.46. The summed E-state index contributed by atoms with van der Waals surface area (Å²) in [7, 11) is 2.04. The molecule has 0 aromatic rings. The standard InChI is InChI=1S/C12H21N/c1-3-7-11-8-5-4-6-9-12(11)10-13-2/h1,11-13H,4-10H2,2H3. The van der Waals surface area contributed by atoms with Crippen molar-refractivity contribution in [2.24, 2.45) is 11.8 Å². The smallest absolute Gasteiger partial charge is 0.0117 e. The number of hydrogen-bond donors (Lipinski definition) is 1. The normalized spacial score (nSPS) is 29.2. The maximum absolute atomic E-state index is 5.40. The van der Waals surface area contributed by atoms with E-state index < -0.39 is 0 Å². The highest BCUT2D eigenvalue weighted by Gasteiger charge is 2.21. The first-order valence-corrected chi connectivity index (χ1v) is 5.46. The van der Waals surface area contributed by atoms with Crippen LogP contribution in [0, 0.1) is 24.2 Å². The van der Waals surface area contributed by atoms with Crippen LogP contribution in [0.4, 0.5) is 0 Å². The van der Waals surface area contributed by atoms with E-state index in [0.717, 1.165) is 24.8 Å². The summed E-state index contributed by atoms with van der Waals surface area (Å²) in [6, 6.07) is 0. The van der Waals surface area contributed by atoms with Gasteiger partial charge in [0.15, 0.2) is 0 Å². The zero-order chi connectivity index (χ0) is 9.52. The van der Waals surface area contributed by atoms with Gasteiger partial charge in [0.25, 0.3) is 0 Å². The second-order valence-corrected chi connectivity index (χ2v) is 4.12. The molecule has 0 radical (unpaired) electrons. The lowest BCUT2D eigenvalue weighted by Gasteiger charge is -2.22. The molecule has 1 aliphatic rings. The Hall–Kier alpha value is -0.480. The quantitative estimate of drug-likeness (QED) is 0.518. The van der Waals surface area contributed by atoms with Gasteiger partial charge in [-0.3, -0.25) is 0 Å². The predicted octanol–water partition coefficient (Wildman–Crippen LogP) is 2.43. The highest BCUT2D eigenvalue weighted by Crippen LogP contribution is 2.30. The molecular weight excluding hydrogens is 158 g/mol. The van der Waals surface area contributed by atoms with E-state index in [4.69, 9.17) is 6.42 Å². The van der Waals surface area contributed by atoms with Crippen LogP contribution in [0.3, 0.4) is 0 Å². The fourth-order valence-corrected chi connectivity index (χ4v) is 2.41. The van der Waals surface area contributed by atoms with E-state index in [9.17, 15) is 0 Å². The summed E-state index contributed by atoms with van der Waals surface area (Å²) < 4.78 is 0. The van der Waals surface area contributed by atoms with Gasteiger partial charge in [0, 0.05) is 6.42 Å². The van der Waals surface area contributed by atoms with Crippen LogP contribution in [-0.2, 0) is 0 Å². The molecule has 1 rings (SSSR count). The van der Waals surface area contributed by atoms with E-state index in [1.807, 2.05) is 7.05 Å². The van der Waals surface area contributed by atoms with Crippen molar-refractivity contribution >= 4 is 0 Å². The second-order valence-electron chi connectivity index (χ2n) is 4.12. The third-order valence-electron chi connectivity index (χ3n) is 3.16. The molecule has 74 valence electrons. The number of rotatable bonds is 3. The third-order valence-corrected chi connectivity index (χ3v) is 3.16. The van der Waals surface area contributed by atoms with Gasteiger partial charge in [-0.05, 0) is 38.3 Å². The van der Waals surface area contributed by atoms with Gasteiger partial charge in [-0.15, -0.1) is 12.3 Å². The SMILES string of the molecule is C#CCC1CCCCCC1CNC. The first-order chi connectivity index (χ1) is 6.38. The summed E-state index contributed by atoms with van der Waals surface area (Å²) in [5, 5.41) is 3.28. The molecule has 1 N–H and O–H groups in total. The first kappa shape index (κ1) is 10.6. The number of terminal acetylenes is 1. The zero-order valence-corrected chi connectivity index (χ0v) is 8.68. The molecule has 1 saturated carbocycles. The Morgan fingerprint density at radius 3 is 2.54 bits per heavy atom. The summed E-state index contributed by atoms with van der Waals surface area (Å²) in [4.78, 5) is 0. The van der Waals surface area contributed by atoms with Gasteiger partial charge in [-0.25, -0.2) is 0 Å². The van der Waals surface area contributed by atoms with Crippen molar-refractivity contribution in [3.63, 3.8) is 0 Å². The Labute approximate surface area is 82.3 Å². The lowest BCUT2D eigenvalue weighted by molar-refractivity contribution is 0.311. The Bertz CT molecular complexity index is 168. The van der Waals surface area contributed by atoms with E-state index >= 15 is 0 Å². The maximum Gasteiger partial charge on any atom is 0.0117 e. The molecular formula is C12H21N. The molecule has 0 spiro atoms. The van der Waals surface area contributed by atoms with E-state index in [-0.39, 0.29) is 0 Å². The molecule has 0 saturated heterocycles. The van der Waals surface area contributed by atoms with Crippen molar-refractivity contribution in [2.75, 3.05) is 13.6 Å². The van der Waals surface area contributed by atoms with Crippen molar-refractivity contribution in [3.05, 3.63) is 0 Å². The van der Waals surface area contributed by atoms with Crippen LogP contribution in [0.1, 0.15) is 38.5 Å². The van der Waals surface area contributed by atoms with E-state index in [0.29, 0.717) is 0 Å². The van der Waals surface area contributed by atoms with Gasteiger partial charge in [0.2, 0.25) is 0 Å². The molecule has 0 amide bonds. The molecule has 2 unspecified atom stereocenters. The van der Waals surface area contributed by atoms with E-state index in [2.05, 4.69) is 11.2 Å². The first-order valence-electron chi connectivity index (χ1n) is 5.46. The molecule has 1 nitrogen and oxygen atoms in total. The molecule has 13 heavy (non-hydrogen) atoms. The molecule has 0 bridgehead atoms. The van der Waals surface area contributed by atoms with Gasteiger partial charge in [0.05, 0.1) is 0 Å². The largest absolute Gasteiger partial charge is 0.319 e. The summed E-state index contributed by atoms with van der Waals surface area (Å²) in [6.45, 7) is 1.15. The van der Waals surface area contributed by atoms with Crippen molar-refractivity contribution < 1.29 is 0 Å².